The Balaban J connectivity index is 1.66. The first-order valence-electron chi connectivity index (χ1n) is 7.23. The summed E-state index contributed by atoms with van der Waals surface area (Å²) >= 11 is 0. The zero-order chi connectivity index (χ0) is 14.7. The van der Waals surface area contributed by atoms with Gasteiger partial charge in [0.05, 0.1) is 12.8 Å². The number of nitrogens with one attached hydrogen (secondary N) is 1. The lowest BCUT2D eigenvalue weighted by Gasteiger charge is -2.28. The number of nitrogens with zero attached hydrogens (tertiary/aromatic N) is 1. The van der Waals surface area contributed by atoms with Gasteiger partial charge in [0.25, 0.3) is 0 Å². The van der Waals surface area contributed by atoms with Crippen LogP contribution in [0.4, 0.5) is 0 Å². The molecule has 2 heterocycles. The topological polar surface area (TPSA) is 43.4 Å². The maximum atomic E-state index is 5.85. The monoisotopic (exact) mass is 284 g/mol. The number of rotatable bonds is 4. The highest BCUT2D eigenvalue weighted by Gasteiger charge is 2.22. The smallest absolute Gasteiger partial charge is 0.126 e. The van der Waals surface area contributed by atoms with Crippen LogP contribution in [0.5, 0.6) is 11.5 Å². The van der Waals surface area contributed by atoms with Gasteiger partial charge in [-0.1, -0.05) is 12.1 Å². The minimum absolute atomic E-state index is 0.208. The first kappa shape index (κ1) is 13.9. The van der Waals surface area contributed by atoms with E-state index in [1.807, 2.05) is 36.5 Å². The molecule has 2 atom stereocenters. The number of pyridine rings is 1. The molecule has 0 radical (unpaired) electrons. The van der Waals surface area contributed by atoms with E-state index in [1.165, 1.54) is 5.56 Å². The number of methoxy groups -OCH3 is 1. The molecule has 4 heteroatoms. The molecule has 21 heavy (non-hydrogen) atoms. The average Bonchev–Trinajstić information content (AvgIpc) is 2.55. The van der Waals surface area contributed by atoms with Crippen LogP contribution in [-0.4, -0.2) is 24.7 Å². The van der Waals surface area contributed by atoms with Gasteiger partial charge in [0.15, 0.2) is 0 Å². The van der Waals surface area contributed by atoms with Gasteiger partial charge in [0, 0.05) is 24.3 Å². The molecule has 0 fully saturated rings. The van der Waals surface area contributed by atoms with Gasteiger partial charge in [-0.2, -0.15) is 0 Å². The molecule has 0 aliphatic carbocycles. The van der Waals surface area contributed by atoms with Gasteiger partial charge < -0.3 is 14.8 Å². The summed E-state index contributed by atoms with van der Waals surface area (Å²) in [5.74, 6) is 1.76. The first-order chi connectivity index (χ1) is 10.3. The Morgan fingerprint density at radius 3 is 3.00 bits per heavy atom. The molecule has 0 spiro atoms. The van der Waals surface area contributed by atoms with Crippen molar-refractivity contribution < 1.29 is 9.47 Å². The second-order valence-corrected chi connectivity index (χ2v) is 5.33. The third-order valence-electron chi connectivity index (χ3n) is 3.80. The highest BCUT2D eigenvalue weighted by Crippen LogP contribution is 2.29. The molecule has 110 valence electrons. The molecular weight excluding hydrogens is 264 g/mol. The molecule has 0 bridgehead atoms. The highest BCUT2D eigenvalue weighted by atomic mass is 16.5. The van der Waals surface area contributed by atoms with E-state index >= 15 is 0 Å². The molecule has 1 aliphatic heterocycles. The molecule has 1 aromatic heterocycles. The number of hydrogen-bond donors (Lipinski definition) is 1. The van der Waals surface area contributed by atoms with Crippen LogP contribution in [0.25, 0.3) is 0 Å². The molecule has 2 aromatic rings. The molecule has 1 N–H and O–H groups in total. The molecule has 3 rings (SSSR count). The van der Waals surface area contributed by atoms with Crippen LogP contribution in [0.15, 0.2) is 42.6 Å². The number of hydrogen-bond acceptors (Lipinski definition) is 4. The lowest BCUT2D eigenvalue weighted by molar-refractivity contribution is 0.228. The van der Waals surface area contributed by atoms with E-state index in [2.05, 4.69) is 23.3 Å². The summed E-state index contributed by atoms with van der Waals surface area (Å²) in [5.41, 5.74) is 2.27. The second-order valence-electron chi connectivity index (χ2n) is 5.33. The van der Waals surface area contributed by atoms with Crippen molar-refractivity contribution in [3.63, 3.8) is 0 Å². The second kappa shape index (κ2) is 6.14. The zero-order valence-corrected chi connectivity index (χ0v) is 12.4. The van der Waals surface area contributed by atoms with Crippen LogP contribution in [0.1, 0.15) is 24.2 Å². The van der Waals surface area contributed by atoms with E-state index in [4.69, 9.17) is 9.47 Å². The molecule has 0 saturated heterocycles. The third kappa shape index (κ3) is 3.16. The van der Waals surface area contributed by atoms with E-state index < -0.39 is 0 Å². The predicted molar refractivity (Wildman–Crippen MR) is 81.8 cm³/mol. The summed E-state index contributed by atoms with van der Waals surface area (Å²) in [6, 6.07) is 12.5. The molecule has 1 aromatic carbocycles. The zero-order valence-electron chi connectivity index (χ0n) is 12.4. The quantitative estimate of drug-likeness (QED) is 0.937. The average molecular weight is 284 g/mol. The van der Waals surface area contributed by atoms with Crippen molar-refractivity contribution >= 4 is 0 Å². The van der Waals surface area contributed by atoms with Crippen LogP contribution in [0.2, 0.25) is 0 Å². The Morgan fingerprint density at radius 1 is 1.33 bits per heavy atom. The van der Waals surface area contributed by atoms with Crippen molar-refractivity contribution in [2.75, 3.05) is 13.7 Å². The minimum atomic E-state index is 0.208. The summed E-state index contributed by atoms with van der Waals surface area (Å²) in [6.45, 7) is 2.79. The van der Waals surface area contributed by atoms with Gasteiger partial charge in [0.2, 0.25) is 0 Å². The lowest BCUT2D eigenvalue weighted by atomic mass is 10.0. The standard InChI is InChI=1S/C17H20N2O2/c1-12(16-5-3-4-8-18-16)19-14-9-13-6-7-15(20-2)10-17(13)21-11-14/h3-8,10,12,14,19H,9,11H2,1-2H3/t12-,14+/m0/s1. The van der Waals surface area contributed by atoms with E-state index in [0.717, 1.165) is 23.6 Å². The van der Waals surface area contributed by atoms with Crippen molar-refractivity contribution in [3.8, 4) is 11.5 Å². The van der Waals surface area contributed by atoms with Crippen molar-refractivity contribution in [2.45, 2.75) is 25.4 Å². The molecule has 1 aliphatic rings. The molecular formula is C17H20N2O2. The number of ether oxygens (including phenoxy) is 2. The Labute approximate surface area is 125 Å². The molecule has 0 saturated carbocycles. The maximum Gasteiger partial charge on any atom is 0.126 e. The Bertz CT molecular complexity index is 601. The highest BCUT2D eigenvalue weighted by molar-refractivity contribution is 5.42. The summed E-state index contributed by atoms with van der Waals surface area (Å²) in [5, 5.41) is 3.59. The van der Waals surface area contributed by atoms with Crippen LogP contribution >= 0.6 is 0 Å². The van der Waals surface area contributed by atoms with Crippen LogP contribution in [-0.2, 0) is 6.42 Å². The Kier molecular flexibility index (Phi) is 4.06. The van der Waals surface area contributed by atoms with E-state index in [1.54, 1.807) is 7.11 Å². The summed E-state index contributed by atoms with van der Waals surface area (Å²) in [4.78, 5) is 4.39. The van der Waals surface area contributed by atoms with Crippen LogP contribution in [0, 0.1) is 0 Å². The van der Waals surface area contributed by atoms with Gasteiger partial charge in [-0.05, 0) is 37.1 Å². The summed E-state index contributed by atoms with van der Waals surface area (Å²) in [7, 11) is 1.67. The molecule has 4 nitrogen and oxygen atoms in total. The largest absolute Gasteiger partial charge is 0.497 e. The van der Waals surface area contributed by atoms with Gasteiger partial charge in [-0.25, -0.2) is 0 Å². The maximum absolute atomic E-state index is 5.85. The van der Waals surface area contributed by atoms with Gasteiger partial charge in [0.1, 0.15) is 18.1 Å². The minimum Gasteiger partial charge on any atom is -0.497 e. The fourth-order valence-electron chi connectivity index (χ4n) is 2.66. The van der Waals surface area contributed by atoms with E-state index in [-0.39, 0.29) is 6.04 Å². The fraction of sp³-hybridized carbons (Fsp3) is 0.353. The Hall–Kier alpha value is -2.07. The van der Waals surface area contributed by atoms with E-state index in [0.29, 0.717) is 12.6 Å². The number of benzene rings is 1. The Morgan fingerprint density at radius 2 is 2.24 bits per heavy atom. The van der Waals surface area contributed by atoms with Crippen LogP contribution < -0.4 is 14.8 Å². The molecule has 0 unspecified atom stereocenters. The number of fused-ring (bicyclic) bond motifs is 1. The van der Waals surface area contributed by atoms with Crippen molar-refractivity contribution in [3.05, 3.63) is 53.9 Å². The first-order valence-corrected chi connectivity index (χ1v) is 7.23. The number of aromatic nitrogens is 1. The van der Waals surface area contributed by atoms with Crippen molar-refractivity contribution in [2.24, 2.45) is 0 Å². The lowest BCUT2D eigenvalue weighted by Crippen LogP contribution is -2.40. The fourth-order valence-corrected chi connectivity index (χ4v) is 2.66. The molecule has 0 amide bonds. The van der Waals surface area contributed by atoms with Crippen molar-refractivity contribution in [1.29, 1.82) is 0 Å². The van der Waals surface area contributed by atoms with Gasteiger partial charge in [-0.3, -0.25) is 4.98 Å². The SMILES string of the molecule is COc1ccc2c(c1)OC[C@H](N[C@@H](C)c1ccccn1)C2. The summed E-state index contributed by atoms with van der Waals surface area (Å²) < 4.78 is 11.1. The third-order valence-corrected chi connectivity index (χ3v) is 3.80. The normalized spacial score (nSPS) is 18.5. The van der Waals surface area contributed by atoms with Gasteiger partial charge >= 0.3 is 0 Å². The predicted octanol–water partition coefficient (Wildman–Crippen LogP) is 2.74. The summed E-state index contributed by atoms with van der Waals surface area (Å²) in [6.07, 6.45) is 2.78. The van der Waals surface area contributed by atoms with Crippen LogP contribution in [0.3, 0.4) is 0 Å². The van der Waals surface area contributed by atoms with Gasteiger partial charge in [-0.15, -0.1) is 0 Å². The van der Waals surface area contributed by atoms with Crippen molar-refractivity contribution in [1.82, 2.24) is 10.3 Å². The van der Waals surface area contributed by atoms with E-state index in [9.17, 15) is 0 Å².